The van der Waals surface area contributed by atoms with Gasteiger partial charge < -0.3 is 21.7 Å². The molecule has 4 N–H and O–H groups in total. The van der Waals surface area contributed by atoms with Crippen molar-refractivity contribution in [2.45, 2.75) is 18.9 Å². The Morgan fingerprint density at radius 3 is 1.71 bits per heavy atom. The first-order chi connectivity index (χ1) is 4.54. The molecule has 0 fully saturated rings. The molecule has 0 aromatic rings. The SMILES string of the molecule is NC(CCC(=O)O)C(=O)O.[H-].[H-].[H-].[H-].[Na+].[Na+].[Na+].[Na+]. The Labute approximate surface area is 177 Å². The summed E-state index contributed by atoms with van der Waals surface area (Å²) in [7, 11) is 0. The molecular formula is C5H13NNa4O4. The minimum absolute atomic E-state index is 0. The third kappa shape index (κ3) is 20.3. The first-order valence-electron chi connectivity index (χ1n) is 2.74. The number of nitrogens with two attached hydrogens (primary N) is 1. The zero-order valence-corrected chi connectivity index (χ0v) is 17.3. The van der Waals surface area contributed by atoms with Gasteiger partial charge in [-0.3, -0.25) is 9.59 Å². The number of hydrogen-bond donors (Lipinski definition) is 3. The Morgan fingerprint density at radius 1 is 1.14 bits per heavy atom. The number of carbonyl (C=O) groups is 2. The third-order valence-electron chi connectivity index (χ3n) is 0.986. The van der Waals surface area contributed by atoms with Gasteiger partial charge in [0.15, 0.2) is 0 Å². The van der Waals surface area contributed by atoms with E-state index in [1.807, 2.05) is 0 Å². The van der Waals surface area contributed by atoms with Crippen molar-refractivity contribution in [1.82, 2.24) is 0 Å². The van der Waals surface area contributed by atoms with Gasteiger partial charge in [0.2, 0.25) is 0 Å². The van der Waals surface area contributed by atoms with Gasteiger partial charge in [0, 0.05) is 6.42 Å². The van der Waals surface area contributed by atoms with Crippen LogP contribution in [0.1, 0.15) is 18.5 Å². The van der Waals surface area contributed by atoms with E-state index in [0.717, 1.165) is 0 Å². The molecule has 0 aliphatic carbocycles. The maximum atomic E-state index is 9.99. The fourth-order valence-corrected chi connectivity index (χ4v) is 0.402. The van der Waals surface area contributed by atoms with E-state index in [2.05, 4.69) is 0 Å². The minimum Gasteiger partial charge on any atom is -1.00 e. The minimum atomic E-state index is -1.17. The first-order valence-corrected chi connectivity index (χ1v) is 2.74. The molecule has 0 saturated heterocycles. The van der Waals surface area contributed by atoms with Crippen LogP contribution in [0.25, 0.3) is 0 Å². The van der Waals surface area contributed by atoms with Crippen molar-refractivity contribution in [2.24, 2.45) is 5.73 Å². The average molecular weight is 243 g/mol. The molecule has 1 unspecified atom stereocenters. The molecule has 0 aromatic carbocycles. The van der Waals surface area contributed by atoms with Crippen LogP contribution in [0.2, 0.25) is 0 Å². The molecule has 0 heterocycles. The van der Waals surface area contributed by atoms with Gasteiger partial charge in [0.05, 0.1) is 0 Å². The van der Waals surface area contributed by atoms with Gasteiger partial charge in [0.1, 0.15) is 6.04 Å². The standard InChI is InChI=1S/C5H9NO4.4Na.4H/c6-3(5(9)10)1-2-4(7)8;;;;;;;;/h3H,1-2,6H2,(H,7,8)(H,9,10);;;;;;;;/q;4*+1;4*-1. The van der Waals surface area contributed by atoms with Crippen LogP contribution in [0.3, 0.4) is 0 Å². The predicted molar refractivity (Wildman–Crippen MR) is 36.9 cm³/mol. The van der Waals surface area contributed by atoms with E-state index in [4.69, 9.17) is 15.9 Å². The molecule has 0 aliphatic heterocycles. The largest absolute Gasteiger partial charge is 1.00 e. The summed E-state index contributed by atoms with van der Waals surface area (Å²) < 4.78 is 0. The fourth-order valence-electron chi connectivity index (χ4n) is 0.402. The van der Waals surface area contributed by atoms with Crippen LogP contribution in [0.15, 0.2) is 0 Å². The molecule has 0 spiro atoms. The van der Waals surface area contributed by atoms with Crippen molar-refractivity contribution >= 4 is 11.9 Å². The maximum absolute atomic E-state index is 9.99. The second kappa shape index (κ2) is 18.3. The number of hydrogen-bond acceptors (Lipinski definition) is 3. The van der Waals surface area contributed by atoms with Gasteiger partial charge in [-0.1, -0.05) is 0 Å². The summed E-state index contributed by atoms with van der Waals surface area (Å²) in [5, 5.41) is 16.3. The van der Waals surface area contributed by atoms with Crippen LogP contribution < -0.4 is 124 Å². The van der Waals surface area contributed by atoms with Crippen molar-refractivity contribution in [1.29, 1.82) is 0 Å². The van der Waals surface area contributed by atoms with Gasteiger partial charge >= 0.3 is 130 Å². The zero-order chi connectivity index (χ0) is 8.15. The molecule has 0 rings (SSSR count). The van der Waals surface area contributed by atoms with Crippen LogP contribution in [-0.2, 0) is 9.59 Å². The summed E-state index contributed by atoms with van der Waals surface area (Å²) in [5.74, 6) is -2.20. The average Bonchev–Trinajstić information content (AvgIpc) is 1.82. The van der Waals surface area contributed by atoms with E-state index in [1.54, 1.807) is 0 Å². The summed E-state index contributed by atoms with van der Waals surface area (Å²) >= 11 is 0. The van der Waals surface area contributed by atoms with E-state index in [9.17, 15) is 9.59 Å². The van der Waals surface area contributed by atoms with Gasteiger partial charge in [-0.25, -0.2) is 0 Å². The van der Waals surface area contributed by atoms with Crippen molar-refractivity contribution in [3.05, 3.63) is 0 Å². The van der Waals surface area contributed by atoms with E-state index in [-0.39, 0.29) is 137 Å². The third-order valence-corrected chi connectivity index (χ3v) is 0.986. The van der Waals surface area contributed by atoms with Crippen molar-refractivity contribution < 1.29 is 144 Å². The molecule has 0 amide bonds. The molecule has 0 aliphatic rings. The Morgan fingerprint density at radius 2 is 1.50 bits per heavy atom. The summed E-state index contributed by atoms with van der Waals surface area (Å²) in [4.78, 5) is 19.9. The van der Waals surface area contributed by atoms with E-state index in [0.29, 0.717) is 0 Å². The first kappa shape index (κ1) is 30.2. The van der Waals surface area contributed by atoms with Crippen LogP contribution in [-0.4, -0.2) is 28.2 Å². The molecule has 0 radical (unpaired) electrons. The Balaban J connectivity index is -0.0000000145. The van der Waals surface area contributed by atoms with Crippen LogP contribution in [0.4, 0.5) is 0 Å². The smallest absolute Gasteiger partial charge is 1.00 e. The van der Waals surface area contributed by atoms with E-state index in [1.165, 1.54) is 0 Å². The molecule has 66 valence electrons. The Bertz CT molecular complexity index is 170. The second-order valence-electron chi connectivity index (χ2n) is 1.88. The molecule has 0 aromatic heterocycles. The monoisotopic (exact) mass is 243 g/mol. The normalized spacial score (nSPS) is 8.93. The topological polar surface area (TPSA) is 101 Å². The number of aliphatic carboxylic acids is 2. The van der Waals surface area contributed by atoms with Gasteiger partial charge in [-0.15, -0.1) is 0 Å². The van der Waals surface area contributed by atoms with Gasteiger partial charge in [0.25, 0.3) is 0 Å². The quantitative estimate of drug-likeness (QED) is 0.426. The van der Waals surface area contributed by atoms with Crippen LogP contribution >= 0.6 is 0 Å². The summed E-state index contributed by atoms with van der Waals surface area (Å²) in [6.45, 7) is 0. The summed E-state index contributed by atoms with van der Waals surface area (Å²) in [6.07, 6.45) is -0.224. The molecule has 0 bridgehead atoms. The zero-order valence-electron chi connectivity index (χ0n) is 13.3. The molecule has 5 nitrogen and oxygen atoms in total. The Hall–Kier alpha value is 2.90. The van der Waals surface area contributed by atoms with Crippen molar-refractivity contribution in [3.8, 4) is 0 Å². The molecule has 9 heteroatoms. The summed E-state index contributed by atoms with van der Waals surface area (Å²) in [6, 6.07) is -1.06. The fraction of sp³-hybridized carbons (Fsp3) is 0.600. The Kier molecular flexibility index (Phi) is 39.4. The van der Waals surface area contributed by atoms with Crippen molar-refractivity contribution in [2.75, 3.05) is 0 Å². The number of carboxylic acids is 2. The number of rotatable bonds is 4. The molecular weight excluding hydrogens is 230 g/mol. The van der Waals surface area contributed by atoms with Crippen LogP contribution in [0, 0.1) is 0 Å². The number of carboxylic acid groups (broad SMARTS) is 2. The van der Waals surface area contributed by atoms with Crippen LogP contribution in [0.5, 0.6) is 0 Å². The summed E-state index contributed by atoms with van der Waals surface area (Å²) in [5.41, 5.74) is 5.00. The maximum Gasteiger partial charge on any atom is 1.00 e. The second-order valence-corrected chi connectivity index (χ2v) is 1.88. The molecule has 0 saturated carbocycles. The molecule has 14 heavy (non-hydrogen) atoms. The molecule has 1 atom stereocenters. The van der Waals surface area contributed by atoms with Gasteiger partial charge in [-0.05, 0) is 6.42 Å². The van der Waals surface area contributed by atoms with E-state index < -0.39 is 18.0 Å². The van der Waals surface area contributed by atoms with E-state index >= 15 is 0 Å². The van der Waals surface area contributed by atoms with Gasteiger partial charge in [-0.2, -0.15) is 0 Å². The van der Waals surface area contributed by atoms with Crippen molar-refractivity contribution in [3.63, 3.8) is 0 Å². The predicted octanol–water partition coefficient (Wildman–Crippen LogP) is -12.3.